The summed E-state index contributed by atoms with van der Waals surface area (Å²) in [7, 11) is 0. The first kappa shape index (κ1) is 24.4. The Morgan fingerprint density at radius 2 is 2.00 bits per heavy atom. The van der Waals surface area contributed by atoms with Crippen molar-refractivity contribution in [1.82, 2.24) is 10.3 Å². The van der Waals surface area contributed by atoms with Crippen LogP contribution in [0.5, 0.6) is 5.75 Å². The van der Waals surface area contributed by atoms with E-state index in [1.807, 2.05) is 0 Å². The number of hydrogen-bond donors (Lipinski definition) is 3. The molecule has 1 aliphatic carbocycles. The van der Waals surface area contributed by atoms with E-state index in [-0.39, 0.29) is 29.7 Å². The third-order valence-corrected chi connectivity index (χ3v) is 6.32. The summed E-state index contributed by atoms with van der Waals surface area (Å²) >= 11 is 0. The molecular weight excluding hydrogens is 489 g/mol. The fourth-order valence-corrected chi connectivity index (χ4v) is 4.36. The van der Waals surface area contributed by atoms with E-state index in [0.29, 0.717) is 35.9 Å². The van der Waals surface area contributed by atoms with Crippen molar-refractivity contribution in [2.24, 2.45) is 5.92 Å². The molecule has 8 nitrogen and oxygen atoms in total. The Balaban J connectivity index is 1.14. The minimum absolute atomic E-state index is 0.0746. The fourth-order valence-electron chi connectivity index (χ4n) is 4.36. The zero-order chi connectivity index (χ0) is 26.3. The topological polar surface area (TPSA) is 102 Å². The van der Waals surface area contributed by atoms with Gasteiger partial charge in [-0.15, -0.1) is 0 Å². The van der Waals surface area contributed by atoms with Crippen LogP contribution in [0.25, 0.3) is 0 Å². The lowest BCUT2D eigenvalue weighted by Crippen LogP contribution is -2.34. The standard InChI is InChI=1S/C26H23F3N4O4/c1-13(36-19-11-12-30-24-17(19)8-10-20(34)32-24)3-9-18-14(2)21-22(23(21)37-18)33-25(35)31-16-6-4-15(5-7-16)26(27,28)29/h3-7,9,11-12,21-23H,2,8,10H2,1H3,(H,30,32,34)(H2,31,33,35)/b13-3+,18-9+/t21-,22-,23-/m0/s1. The van der Waals surface area contributed by atoms with E-state index in [1.54, 1.807) is 31.3 Å². The van der Waals surface area contributed by atoms with Gasteiger partial charge in [-0.25, -0.2) is 9.78 Å². The third-order valence-electron chi connectivity index (χ3n) is 6.32. The summed E-state index contributed by atoms with van der Waals surface area (Å²) < 4.78 is 49.9. The number of nitrogens with one attached hydrogen (secondary N) is 3. The number of allylic oxidation sites excluding steroid dienone is 4. The van der Waals surface area contributed by atoms with E-state index in [4.69, 9.17) is 9.47 Å². The number of hydrogen-bond acceptors (Lipinski definition) is 5. The molecule has 3 aliphatic rings. The second-order valence-electron chi connectivity index (χ2n) is 8.93. The number of halogens is 3. The van der Waals surface area contributed by atoms with Crippen molar-refractivity contribution in [3.05, 3.63) is 83.5 Å². The van der Waals surface area contributed by atoms with Gasteiger partial charge >= 0.3 is 12.2 Å². The van der Waals surface area contributed by atoms with E-state index in [0.717, 1.165) is 23.3 Å². The summed E-state index contributed by atoms with van der Waals surface area (Å²) in [5.41, 5.74) is 1.03. The van der Waals surface area contributed by atoms with Gasteiger partial charge in [0.2, 0.25) is 5.91 Å². The molecule has 2 aliphatic heterocycles. The van der Waals surface area contributed by atoms with Crippen LogP contribution in [0.3, 0.4) is 0 Å². The highest BCUT2D eigenvalue weighted by Crippen LogP contribution is 2.50. The Kier molecular flexibility index (Phi) is 6.14. The number of nitrogens with zero attached hydrogens (tertiary/aromatic N) is 1. The normalized spacial score (nSPS) is 23.5. The largest absolute Gasteiger partial charge is 0.487 e. The van der Waals surface area contributed by atoms with Gasteiger partial charge in [0, 0.05) is 23.9 Å². The minimum atomic E-state index is -4.44. The number of rotatable bonds is 5. The van der Waals surface area contributed by atoms with E-state index < -0.39 is 17.8 Å². The number of benzene rings is 1. The zero-order valence-corrected chi connectivity index (χ0v) is 19.7. The Bertz CT molecular complexity index is 1330. The van der Waals surface area contributed by atoms with Gasteiger partial charge in [0.1, 0.15) is 29.2 Å². The van der Waals surface area contributed by atoms with Gasteiger partial charge in [0.15, 0.2) is 0 Å². The Labute approximate surface area is 210 Å². The molecule has 5 rings (SSSR count). The second-order valence-corrected chi connectivity index (χ2v) is 8.93. The molecule has 0 radical (unpaired) electrons. The molecule has 192 valence electrons. The predicted molar refractivity (Wildman–Crippen MR) is 129 cm³/mol. The summed E-state index contributed by atoms with van der Waals surface area (Å²) in [6, 6.07) is 5.13. The molecule has 1 saturated heterocycles. The highest BCUT2D eigenvalue weighted by molar-refractivity contribution is 5.93. The zero-order valence-electron chi connectivity index (χ0n) is 19.7. The molecule has 37 heavy (non-hydrogen) atoms. The lowest BCUT2D eigenvalue weighted by Gasteiger charge is -2.18. The maximum Gasteiger partial charge on any atom is 0.416 e. The molecule has 3 atom stereocenters. The van der Waals surface area contributed by atoms with Gasteiger partial charge in [-0.3, -0.25) is 4.79 Å². The average Bonchev–Trinajstić information content (AvgIpc) is 3.39. The number of alkyl halides is 3. The van der Waals surface area contributed by atoms with Crippen LogP contribution in [-0.2, 0) is 22.1 Å². The summed E-state index contributed by atoms with van der Waals surface area (Å²) in [5.74, 6) is 2.15. The van der Waals surface area contributed by atoms with Crippen molar-refractivity contribution >= 4 is 23.4 Å². The van der Waals surface area contributed by atoms with Crippen molar-refractivity contribution in [3.8, 4) is 5.75 Å². The van der Waals surface area contributed by atoms with Crippen LogP contribution >= 0.6 is 0 Å². The average molecular weight is 512 g/mol. The number of anilines is 2. The second kappa shape index (κ2) is 9.30. The van der Waals surface area contributed by atoms with Gasteiger partial charge in [0.05, 0.1) is 17.5 Å². The summed E-state index contributed by atoms with van der Waals surface area (Å²) in [6.45, 7) is 5.86. The molecule has 1 saturated carbocycles. The van der Waals surface area contributed by atoms with Crippen molar-refractivity contribution in [2.45, 2.75) is 38.1 Å². The van der Waals surface area contributed by atoms with Gasteiger partial charge in [-0.1, -0.05) is 6.58 Å². The molecule has 0 unspecified atom stereocenters. The first-order valence-corrected chi connectivity index (χ1v) is 11.5. The van der Waals surface area contributed by atoms with E-state index in [2.05, 4.69) is 27.5 Å². The highest BCUT2D eigenvalue weighted by atomic mass is 19.4. The van der Waals surface area contributed by atoms with Gasteiger partial charge < -0.3 is 25.4 Å². The molecule has 11 heteroatoms. The monoisotopic (exact) mass is 512 g/mol. The molecule has 3 heterocycles. The quantitative estimate of drug-likeness (QED) is 0.494. The van der Waals surface area contributed by atoms with Crippen LogP contribution in [0.1, 0.15) is 24.5 Å². The number of fused-ring (bicyclic) bond motifs is 2. The molecule has 1 aromatic carbocycles. The molecule has 1 aromatic heterocycles. The van der Waals surface area contributed by atoms with Crippen LogP contribution in [0.2, 0.25) is 0 Å². The van der Waals surface area contributed by atoms with Crippen molar-refractivity contribution in [3.63, 3.8) is 0 Å². The minimum Gasteiger partial charge on any atom is -0.487 e. The first-order valence-electron chi connectivity index (χ1n) is 11.5. The third kappa shape index (κ3) is 5.16. The van der Waals surface area contributed by atoms with Crippen molar-refractivity contribution < 1.29 is 32.2 Å². The molecule has 3 amide bonds. The fraction of sp³-hybridized carbons (Fsp3) is 0.269. The number of carbonyl (C=O) groups is 2. The summed E-state index contributed by atoms with van der Waals surface area (Å²) in [6.07, 6.45) is 1.29. The van der Waals surface area contributed by atoms with Crippen LogP contribution in [0.15, 0.2) is 72.4 Å². The predicted octanol–water partition coefficient (Wildman–Crippen LogP) is 4.93. The van der Waals surface area contributed by atoms with Crippen LogP contribution in [-0.4, -0.2) is 29.1 Å². The molecule has 0 spiro atoms. The van der Waals surface area contributed by atoms with Crippen molar-refractivity contribution in [2.75, 3.05) is 10.6 Å². The Morgan fingerprint density at radius 3 is 2.68 bits per heavy atom. The van der Waals surface area contributed by atoms with E-state index >= 15 is 0 Å². The SMILES string of the molecule is C=C1/C(=C\C=C(/C)Oc2ccnc3c2CCC(=O)N3)O[C@@H]2[C@@H](NC(=O)Nc3ccc(C(F)(F)F)cc3)[C@H]12. The molecule has 0 bridgehead atoms. The Hall–Kier alpha value is -4.28. The number of amides is 3. The molecular formula is C26H23F3N4O4. The summed E-state index contributed by atoms with van der Waals surface area (Å²) in [5, 5.41) is 8.03. The number of carbonyl (C=O) groups excluding carboxylic acids is 2. The summed E-state index contributed by atoms with van der Waals surface area (Å²) in [4.78, 5) is 28.0. The van der Waals surface area contributed by atoms with Gasteiger partial charge in [0.25, 0.3) is 0 Å². The van der Waals surface area contributed by atoms with Gasteiger partial charge in [-0.05, 0) is 61.4 Å². The molecule has 2 aromatic rings. The van der Waals surface area contributed by atoms with Crippen molar-refractivity contribution in [1.29, 1.82) is 0 Å². The highest BCUT2D eigenvalue weighted by Gasteiger charge is 2.60. The number of urea groups is 1. The molecule has 2 fully saturated rings. The van der Waals surface area contributed by atoms with E-state index in [1.165, 1.54) is 12.1 Å². The van der Waals surface area contributed by atoms with Crippen LogP contribution in [0.4, 0.5) is 29.5 Å². The lowest BCUT2D eigenvalue weighted by molar-refractivity contribution is -0.137. The number of pyridine rings is 1. The number of ether oxygens (including phenoxy) is 2. The first-order chi connectivity index (χ1) is 17.6. The van der Waals surface area contributed by atoms with E-state index in [9.17, 15) is 22.8 Å². The Morgan fingerprint density at radius 1 is 1.24 bits per heavy atom. The maximum atomic E-state index is 12.7. The van der Waals surface area contributed by atoms with Crippen LogP contribution in [0, 0.1) is 5.92 Å². The lowest BCUT2D eigenvalue weighted by atomic mass is 10.1. The maximum absolute atomic E-state index is 12.7. The van der Waals surface area contributed by atoms with Gasteiger partial charge in [-0.2, -0.15) is 13.2 Å². The molecule has 3 N–H and O–H groups in total. The van der Waals surface area contributed by atoms with Crippen LogP contribution < -0.4 is 20.7 Å². The number of aromatic nitrogens is 1. The smallest absolute Gasteiger partial charge is 0.416 e.